The molecule has 0 aromatic rings. The van der Waals surface area contributed by atoms with Crippen molar-refractivity contribution in [3.05, 3.63) is 24.2 Å². The molecular formula is C29H62N11O15P3S2. The highest BCUT2D eigenvalue weighted by Gasteiger charge is 2.48. The fourth-order valence-electron chi connectivity index (χ4n) is 5.43. The number of carbonyl (C=O) groups is 1. The summed E-state index contributed by atoms with van der Waals surface area (Å²) in [7, 11) is -12.4. The van der Waals surface area contributed by atoms with E-state index in [2.05, 4.69) is 65.1 Å². The lowest BCUT2D eigenvalue weighted by Crippen LogP contribution is -2.46. The molecule has 1 amide bonds. The Morgan fingerprint density at radius 1 is 0.883 bits per heavy atom. The first-order chi connectivity index (χ1) is 28.7. The minimum atomic E-state index is -5.38. The third kappa shape index (κ3) is 19.9. The van der Waals surface area contributed by atoms with Gasteiger partial charge in [0.15, 0.2) is 18.3 Å². The molecule has 0 saturated heterocycles. The molecule has 17 N–H and O–H groups in total. The Balaban J connectivity index is 1.29. The Bertz CT molecular complexity index is 1450. The van der Waals surface area contributed by atoms with Gasteiger partial charge in [0.05, 0.1) is 6.61 Å². The highest BCUT2D eigenvalue weighted by atomic mass is 33.1. The number of nitrogens with two attached hydrogens (primary N) is 5. The van der Waals surface area contributed by atoms with E-state index in [1.165, 1.54) is 61.6 Å². The number of aliphatic hydroxyl groups is 3. The number of ether oxygens (including phenoxy) is 1. The topological polar surface area (TPSA) is 388 Å². The van der Waals surface area contributed by atoms with Crippen molar-refractivity contribution in [2.75, 3.05) is 63.9 Å². The summed E-state index contributed by atoms with van der Waals surface area (Å²) in [6.45, 7) is 4.65. The quantitative estimate of drug-likeness (QED) is 0.0123. The molecule has 6 atom stereocenters. The van der Waals surface area contributed by atoms with Crippen LogP contribution in [0, 0.1) is 0 Å². The number of nitrogens with zero attached hydrogens (tertiary/aromatic N) is 2. The summed E-state index contributed by atoms with van der Waals surface area (Å²) in [4.78, 5) is 15.8. The normalized spacial score (nSPS) is 21.8. The SMILES string of the molecule is NOP(=O)(ON)OP(=O)(ON)OP(=O)(ON)OC[C@H]1OC(N(/C=C\CNC(=O)CCSSCCC(O)NCCN(CCNC2CCC2)CCNC2CCC2)[C@H](N)O)=C[C@H]1O. The van der Waals surface area contributed by atoms with Gasteiger partial charge in [0.1, 0.15) is 12.3 Å². The third-order valence-corrected chi connectivity index (χ3v) is 16.4. The van der Waals surface area contributed by atoms with Gasteiger partial charge in [-0.05, 0) is 38.2 Å². The van der Waals surface area contributed by atoms with E-state index in [1.54, 1.807) is 10.8 Å². The van der Waals surface area contributed by atoms with Gasteiger partial charge in [0.25, 0.3) is 0 Å². The molecule has 350 valence electrons. The summed E-state index contributed by atoms with van der Waals surface area (Å²) < 4.78 is 72.1. The first-order valence-electron chi connectivity index (χ1n) is 19.1. The molecule has 3 unspecified atom stereocenters. The van der Waals surface area contributed by atoms with E-state index in [0.717, 1.165) is 43.7 Å². The molecule has 2 aliphatic carbocycles. The molecular weight excluding hydrogens is 899 g/mol. The lowest BCUT2D eigenvalue weighted by atomic mass is 9.93. The number of amides is 1. The van der Waals surface area contributed by atoms with E-state index in [-0.39, 0.29) is 24.8 Å². The zero-order chi connectivity index (χ0) is 44.0. The van der Waals surface area contributed by atoms with Crippen LogP contribution >= 0.6 is 45.1 Å². The van der Waals surface area contributed by atoms with Crippen molar-refractivity contribution in [3.8, 4) is 0 Å². The maximum atomic E-state index is 12.8. The van der Waals surface area contributed by atoms with Gasteiger partial charge in [-0.25, -0.2) is 46.5 Å². The zero-order valence-corrected chi connectivity index (χ0v) is 37.4. The van der Waals surface area contributed by atoms with Gasteiger partial charge < -0.3 is 36.0 Å². The second kappa shape index (κ2) is 28.2. The van der Waals surface area contributed by atoms with Crippen LogP contribution in [-0.4, -0.2) is 132 Å². The third-order valence-electron chi connectivity index (χ3n) is 9.21. The van der Waals surface area contributed by atoms with Crippen molar-refractivity contribution >= 4 is 51.0 Å². The molecule has 0 aromatic heterocycles. The fraction of sp³-hybridized carbons (Fsp3) is 0.828. The highest BCUT2D eigenvalue weighted by molar-refractivity contribution is 8.76. The smallest absolute Gasteiger partial charge is 0.470 e. The fourth-order valence-corrected chi connectivity index (χ4v) is 11.2. The Kier molecular flexibility index (Phi) is 25.1. The molecule has 2 fully saturated rings. The van der Waals surface area contributed by atoms with Crippen molar-refractivity contribution in [1.82, 2.24) is 31.1 Å². The van der Waals surface area contributed by atoms with E-state index in [0.29, 0.717) is 36.6 Å². The molecule has 2 saturated carbocycles. The second-order valence-electron chi connectivity index (χ2n) is 13.5. The van der Waals surface area contributed by atoms with Gasteiger partial charge in [0.2, 0.25) is 5.91 Å². The van der Waals surface area contributed by atoms with E-state index in [1.807, 2.05) is 0 Å². The summed E-state index contributed by atoms with van der Waals surface area (Å²) in [6.07, 6.45) is 7.19. The van der Waals surface area contributed by atoms with Crippen molar-refractivity contribution in [3.63, 3.8) is 0 Å². The van der Waals surface area contributed by atoms with Crippen molar-refractivity contribution in [1.29, 1.82) is 0 Å². The van der Waals surface area contributed by atoms with E-state index >= 15 is 0 Å². The maximum absolute atomic E-state index is 12.8. The van der Waals surface area contributed by atoms with Crippen LogP contribution in [0.15, 0.2) is 24.2 Å². The molecule has 31 heteroatoms. The van der Waals surface area contributed by atoms with Gasteiger partial charge >= 0.3 is 23.5 Å². The minimum Gasteiger partial charge on any atom is -0.470 e. The van der Waals surface area contributed by atoms with Crippen LogP contribution in [0.25, 0.3) is 0 Å². The highest BCUT2D eigenvalue weighted by Crippen LogP contribution is 2.71. The van der Waals surface area contributed by atoms with Crippen molar-refractivity contribution in [2.45, 2.75) is 88.2 Å². The van der Waals surface area contributed by atoms with Gasteiger partial charge in [0, 0.05) is 88.1 Å². The number of phosphoric acid groups is 3. The molecule has 0 radical (unpaired) electrons. The number of carbonyl (C=O) groups excluding carboxylic acids is 1. The predicted molar refractivity (Wildman–Crippen MR) is 221 cm³/mol. The maximum Gasteiger partial charge on any atom is 0.516 e. The van der Waals surface area contributed by atoms with Crippen LogP contribution in [0.5, 0.6) is 0 Å². The molecule has 0 aromatic carbocycles. The first-order valence-corrected chi connectivity index (χ1v) is 26.0. The number of hydrogen-bond acceptors (Lipinski definition) is 27. The Labute approximate surface area is 357 Å². The van der Waals surface area contributed by atoms with Crippen LogP contribution in [0.3, 0.4) is 0 Å². The zero-order valence-electron chi connectivity index (χ0n) is 33.1. The molecule has 26 nitrogen and oxygen atoms in total. The number of aliphatic hydroxyl groups excluding tert-OH is 3. The van der Waals surface area contributed by atoms with Crippen LogP contribution < -0.4 is 50.6 Å². The number of hydrogen-bond donors (Lipinski definition) is 12. The molecule has 3 rings (SSSR count). The lowest BCUT2D eigenvalue weighted by molar-refractivity contribution is -0.120. The van der Waals surface area contributed by atoms with Gasteiger partial charge in [-0.2, -0.15) is 17.9 Å². The van der Waals surface area contributed by atoms with E-state index < -0.39 is 54.9 Å². The molecule has 1 aliphatic heterocycles. The van der Waals surface area contributed by atoms with Crippen molar-refractivity contribution in [2.24, 2.45) is 29.3 Å². The molecule has 0 bridgehead atoms. The van der Waals surface area contributed by atoms with Crippen LogP contribution in [0.1, 0.15) is 51.4 Å². The van der Waals surface area contributed by atoms with Gasteiger partial charge in [-0.1, -0.05) is 34.4 Å². The molecule has 0 spiro atoms. The Morgan fingerprint density at radius 3 is 2.00 bits per heavy atom. The monoisotopic (exact) mass is 961 g/mol. The number of nitrogens with one attached hydrogen (secondary N) is 4. The molecule has 3 aliphatic rings. The average molecular weight is 962 g/mol. The van der Waals surface area contributed by atoms with E-state index in [4.69, 9.17) is 26.8 Å². The molecule has 1 heterocycles. The van der Waals surface area contributed by atoms with Crippen molar-refractivity contribution < 1.29 is 70.2 Å². The Hall–Kier alpha value is -0.820. The summed E-state index contributed by atoms with van der Waals surface area (Å²) in [6, 6.07) is 1.33. The molecule has 60 heavy (non-hydrogen) atoms. The average Bonchev–Trinajstić information content (AvgIpc) is 3.55. The van der Waals surface area contributed by atoms with Crippen LogP contribution in [-0.2, 0) is 54.9 Å². The minimum absolute atomic E-state index is 0.0443. The van der Waals surface area contributed by atoms with E-state index in [9.17, 15) is 33.8 Å². The van der Waals surface area contributed by atoms with Crippen LogP contribution in [0.2, 0.25) is 0 Å². The summed E-state index contributed by atoms with van der Waals surface area (Å²) in [5.74, 6) is 19.9. The summed E-state index contributed by atoms with van der Waals surface area (Å²) >= 11 is 0. The predicted octanol–water partition coefficient (Wildman–Crippen LogP) is -0.655. The lowest BCUT2D eigenvalue weighted by Gasteiger charge is -2.30. The summed E-state index contributed by atoms with van der Waals surface area (Å²) in [5.41, 5.74) is 5.64. The second-order valence-corrected chi connectivity index (χ2v) is 21.3. The van der Waals surface area contributed by atoms with Gasteiger partial charge in [-0.3, -0.25) is 30.2 Å². The summed E-state index contributed by atoms with van der Waals surface area (Å²) in [5, 5.41) is 44.2. The standard InChI is InChI=1S/C29H62N11O15P3S2/c30-29(44)40(28-20-24(41)25(49-28)21-48-56(45,50-31)54-58(47,53-34)55-57(46,51-32)52-33)14-3-10-37-26(42)8-18-59-60-19-9-27(43)38-13-17-39(15-11-35-22-4-1-5-22)16-12-36-23-6-2-7-23/h3,14,20,22-25,27,29,35-36,38,41,43-44H,1-2,4-13,15-19,21,30-34H2,(H,37,42)/b14-3-/t24-,25-,27?,29+,56?,58?/m1/s1. The van der Waals surface area contributed by atoms with Gasteiger partial charge in [-0.15, -0.1) is 0 Å². The largest absolute Gasteiger partial charge is 0.516 e. The van der Waals surface area contributed by atoms with Crippen LogP contribution in [0.4, 0.5) is 0 Å². The number of rotatable bonds is 35. The Morgan fingerprint density at radius 2 is 1.45 bits per heavy atom. The first kappa shape index (κ1) is 53.5.